The molecule has 1 aliphatic heterocycles. The Kier molecular flexibility index (Phi) is 8.05. The molecule has 0 saturated carbocycles. The highest BCUT2D eigenvalue weighted by atomic mass is 32.2. The van der Waals surface area contributed by atoms with E-state index in [9.17, 15) is 9.18 Å². The average molecular weight is 510 g/mol. The van der Waals surface area contributed by atoms with Gasteiger partial charge in [-0.25, -0.2) is 4.39 Å². The number of benzene rings is 3. The Morgan fingerprint density at radius 2 is 1.74 bits per heavy atom. The molecule has 1 amide bonds. The molecule has 3 aromatic rings. The third-order valence-corrected chi connectivity index (χ3v) is 6.35. The van der Waals surface area contributed by atoms with E-state index in [1.807, 2.05) is 56.3 Å². The number of carbonyl (C=O) groups excluding carboxylic acids is 1. The number of hydrogen-bond donors (Lipinski definition) is 0. The van der Waals surface area contributed by atoms with Crippen molar-refractivity contribution in [2.75, 3.05) is 24.7 Å². The summed E-state index contributed by atoms with van der Waals surface area (Å²) in [6, 6.07) is 19.0. The van der Waals surface area contributed by atoms with E-state index in [4.69, 9.17) is 26.4 Å². The number of carbonyl (C=O) groups is 1. The molecular formula is C27H24FNO4S2. The lowest BCUT2D eigenvalue weighted by Crippen LogP contribution is -2.27. The van der Waals surface area contributed by atoms with E-state index in [0.717, 1.165) is 16.9 Å². The van der Waals surface area contributed by atoms with Crippen molar-refractivity contribution in [1.82, 2.24) is 0 Å². The Morgan fingerprint density at radius 1 is 0.971 bits per heavy atom. The van der Waals surface area contributed by atoms with Gasteiger partial charge < -0.3 is 14.2 Å². The van der Waals surface area contributed by atoms with Crippen molar-refractivity contribution in [2.24, 2.45) is 0 Å². The first-order chi connectivity index (χ1) is 16.9. The summed E-state index contributed by atoms with van der Waals surface area (Å²) in [5, 5.41) is 0. The lowest BCUT2D eigenvalue weighted by atomic mass is 10.1. The van der Waals surface area contributed by atoms with Crippen molar-refractivity contribution in [1.29, 1.82) is 0 Å². The van der Waals surface area contributed by atoms with Crippen molar-refractivity contribution in [2.45, 2.75) is 13.8 Å². The first-order valence-corrected chi connectivity index (χ1v) is 12.3. The normalized spacial score (nSPS) is 14.5. The summed E-state index contributed by atoms with van der Waals surface area (Å²) in [6.07, 6.45) is 1.76. The van der Waals surface area contributed by atoms with Gasteiger partial charge in [-0.3, -0.25) is 9.69 Å². The predicted molar refractivity (Wildman–Crippen MR) is 142 cm³/mol. The first-order valence-electron chi connectivity index (χ1n) is 11.1. The fraction of sp³-hybridized carbons (Fsp3) is 0.185. The van der Waals surface area contributed by atoms with Crippen molar-refractivity contribution >= 4 is 46.0 Å². The standard InChI is InChI=1S/C27H24FNO4S2/c1-3-31-24-16-19(7-12-23(24)33-14-13-32-22-6-4-5-18(2)15-22)17-25-26(30)29(27(34)35-25)21-10-8-20(28)9-11-21/h4-12,15-17H,3,13-14H2,1-2H3. The number of anilines is 1. The SMILES string of the molecule is CCOc1cc(C=C2SC(=S)N(c3ccc(F)cc3)C2=O)ccc1OCCOc1cccc(C)c1. The van der Waals surface area contributed by atoms with E-state index >= 15 is 0 Å². The largest absolute Gasteiger partial charge is 0.490 e. The van der Waals surface area contributed by atoms with Crippen LogP contribution in [0.2, 0.25) is 0 Å². The zero-order valence-corrected chi connectivity index (χ0v) is 21.0. The highest BCUT2D eigenvalue weighted by Crippen LogP contribution is 2.37. The monoisotopic (exact) mass is 509 g/mol. The van der Waals surface area contributed by atoms with Crippen LogP contribution in [0, 0.1) is 12.7 Å². The van der Waals surface area contributed by atoms with Gasteiger partial charge in [-0.05, 0) is 79.6 Å². The van der Waals surface area contributed by atoms with Gasteiger partial charge >= 0.3 is 0 Å². The lowest BCUT2D eigenvalue weighted by molar-refractivity contribution is -0.113. The van der Waals surface area contributed by atoms with E-state index in [0.29, 0.717) is 46.2 Å². The molecule has 5 nitrogen and oxygen atoms in total. The molecule has 1 fully saturated rings. The molecule has 1 saturated heterocycles. The number of thioether (sulfide) groups is 1. The molecule has 3 aromatic carbocycles. The molecule has 0 unspecified atom stereocenters. The van der Waals surface area contributed by atoms with Crippen LogP contribution in [-0.4, -0.2) is 30.0 Å². The Hall–Kier alpha value is -3.36. The summed E-state index contributed by atoms with van der Waals surface area (Å²) < 4.78 is 31.1. The van der Waals surface area contributed by atoms with Crippen LogP contribution in [0.1, 0.15) is 18.1 Å². The smallest absolute Gasteiger partial charge is 0.270 e. The summed E-state index contributed by atoms with van der Waals surface area (Å²) in [6.45, 7) is 5.11. The highest BCUT2D eigenvalue weighted by Gasteiger charge is 2.33. The molecule has 1 aliphatic rings. The number of aryl methyl sites for hydroxylation is 1. The molecule has 0 bridgehead atoms. The minimum Gasteiger partial charge on any atom is -0.490 e. The Morgan fingerprint density at radius 3 is 2.49 bits per heavy atom. The summed E-state index contributed by atoms with van der Waals surface area (Å²) in [5.41, 5.74) is 2.44. The zero-order valence-electron chi connectivity index (χ0n) is 19.3. The molecule has 0 spiro atoms. The second kappa shape index (κ2) is 11.4. The minimum atomic E-state index is -0.373. The number of ether oxygens (including phenoxy) is 3. The topological polar surface area (TPSA) is 48.0 Å². The van der Waals surface area contributed by atoms with Crippen molar-refractivity contribution in [3.8, 4) is 17.2 Å². The van der Waals surface area contributed by atoms with Crippen molar-refractivity contribution in [3.63, 3.8) is 0 Å². The van der Waals surface area contributed by atoms with E-state index in [-0.39, 0.29) is 11.7 Å². The molecule has 35 heavy (non-hydrogen) atoms. The van der Waals surface area contributed by atoms with Gasteiger partial charge in [0.2, 0.25) is 0 Å². The molecule has 1 heterocycles. The third-order valence-electron chi connectivity index (χ3n) is 5.04. The third kappa shape index (κ3) is 6.21. The lowest BCUT2D eigenvalue weighted by Gasteiger charge is -2.14. The van der Waals surface area contributed by atoms with Crippen LogP contribution >= 0.6 is 24.0 Å². The maximum atomic E-state index is 13.3. The van der Waals surface area contributed by atoms with Crippen LogP contribution in [0.15, 0.2) is 71.6 Å². The summed E-state index contributed by atoms with van der Waals surface area (Å²) in [4.78, 5) is 14.9. The van der Waals surface area contributed by atoms with Crippen LogP contribution in [0.5, 0.6) is 17.2 Å². The van der Waals surface area contributed by atoms with E-state index in [1.165, 1.54) is 40.9 Å². The molecular weight excluding hydrogens is 485 g/mol. The Bertz CT molecular complexity index is 1260. The molecule has 8 heteroatoms. The first kappa shape index (κ1) is 24.8. The molecule has 180 valence electrons. The number of nitrogens with zero attached hydrogens (tertiary/aromatic N) is 1. The number of thiocarbonyl (C=S) groups is 1. The Balaban J connectivity index is 1.44. The van der Waals surface area contributed by atoms with E-state index in [1.54, 1.807) is 6.08 Å². The molecule has 0 radical (unpaired) electrons. The average Bonchev–Trinajstić information content (AvgIpc) is 3.11. The molecule has 0 atom stereocenters. The van der Waals surface area contributed by atoms with Crippen LogP contribution in [0.3, 0.4) is 0 Å². The predicted octanol–water partition coefficient (Wildman–Crippen LogP) is 6.40. The summed E-state index contributed by atoms with van der Waals surface area (Å²) in [5.74, 6) is 1.34. The maximum Gasteiger partial charge on any atom is 0.270 e. The van der Waals surface area contributed by atoms with Gasteiger partial charge in [0.1, 0.15) is 24.8 Å². The second-order valence-electron chi connectivity index (χ2n) is 7.65. The van der Waals surface area contributed by atoms with Gasteiger partial charge in [0.25, 0.3) is 5.91 Å². The fourth-order valence-corrected chi connectivity index (χ4v) is 4.75. The van der Waals surface area contributed by atoms with E-state index < -0.39 is 0 Å². The number of rotatable bonds is 9. The van der Waals surface area contributed by atoms with Crippen molar-refractivity contribution in [3.05, 3.63) is 88.6 Å². The fourth-order valence-electron chi connectivity index (χ4n) is 3.45. The minimum absolute atomic E-state index is 0.252. The second-order valence-corrected chi connectivity index (χ2v) is 9.32. The quantitative estimate of drug-likeness (QED) is 0.189. The maximum absolute atomic E-state index is 13.3. The summed E-state index contributed by atoms with van der Waals surface area (Å²) >= 11 is 6.59. The van der Waals surface area contributed by atoms with Gasteiger partial charge in [-0.1, -0.05) is 42.2 Å². The van der Waals surface area contributed by atoms with Crippen molar-refractivity contribution < 1.29 is 23.4 Å². The van der Waals surface area contributed by atoms with Gasteiger partial charge in [0.05, 0.1) is 17.2 Å². The van der Waals surface area contributed by atoms with Crippen LogP contribution in [-0.2, 0) is 4.79 Å². The van der Waals surface area contributed by atoms with Gasteiger partial charge in [0, 0.05) is 0 Å². The van der Waals surface area contributed by atoms with Crippen LogP contribution in [0.4, 0.5) is 10.1 Å². The van der Waals surface area contributed by atoms with Crippen LogP contribution in [0.25, 0.3) is 6.08 Å². The van der Waals surface area contributed by atoms with Gasteiger partial charge in [-0.15, -0.1) is 0 Å². The van der Waals surface area contributed by atoms with E-state index in [2.05, 4.69) is 0 Å². The Labute approximate surface area is 213 Å². The number of hydrogen-bond acceptors (Lipinski definition) is 6. The molecule has 0 aliphatic carbocycles. The zero-order chi connectivity index (χ0) is 24.8. The molecule has 0 aromatic heterocycles. The molecule has 4 rings (SSSR count). The van der Waals surface area contributed by atoms with Gasteiger partial charge in [-0.2, -0.15) is 0 Å². The molecule has 0 N–H and O–H groups in total. The highest BCUT2D eigenvalue weighted by molar-refractivity contribution is 8.27. The van der Waals surface area contributed by atoms with Crippen LogP contribution < -0.4 is 19.1 Å². The van der Waals surface area contributed by atoms with Gasteiger partial charge in [0.15, 0.2) is 15.8 Å². The number of amides is 1. The number of halogens is 1. The summed E-state index contributed by atoms with van der Waals surface area (Å²) in [7, 11) is 0.